The van der Waals surface area contributed by atoms with Gasteiger partial charge in [0.15, 0.2) is 0 Å². The Hall–Kier alpha value is -3.84. The second kappa shape index (κ2) is 8.89. The van der Waals surface area contributed by atoms with Crippen molar-refractivity contribution in [3.63, 3.8) is 0 Å². The molecule has 0 atom stereocenters. The van der Waals surface area contributed by atoms with Gasteiger partial charge in [0.05, 0.1) is 10.2 Å². The minimum Gasteiger partial charge on any atom is -0.292 e. The minimum atomic E-state index is -0.371. The number of benzene rings is 3. The van der Waals surface area contributed by atoms with E-state index < -0.39 is 0 Å². The third-order valence-electron chi connectivity index (χ3n) is 4.55. The van der Waals surface area contributed by atoms with E-state index in [2.05, 4.69) is 20.6 Å². The van der Waals surface area contributed by atoms with Gasteiger partial charge in [0, 0.05) is 11.1 Å². The van der Waals surface area contributed by atoms with Crippen LogP contribution in [0, 0.1) is 13.8 Å². The summed E-state index contributed by atoms with van der Waals surface area (Å²) in [6.45, 7) is 3.86. The quantitative estimate of drug-likeness (QED) is 0.364. The number of hydrogen-bond donors (Lipinski definition) is 2. The van der Waals surface area contributed by atoms with Gasteiger partial charge < -0.3 is 0 Å². The second-order valence-corrected chi connectivity index (χ2v) is 8.08. The molecule has 2 N–H and O–H groups in total. The third kappa shape index (κ3) is 5.02. The highest BCUT2D eigenvalue weighted by Crippen LogP contribution is 2.27. The molecule has 1 heterocycles. The first-order valence-corrected chi connectivity index (χ1v) is 10.5. The van der Waals surface area contributed by atoms with Gasteiger partial charge in [-0.05, 0) is 50.2 Å². The first-order chi connectivity index (χ1) is 15.0. The smallest absolute Gasteiger partial charge is 0.257 e. The Morgan fingerprint density at radius 2 is 1.52 bits per heavy atom. The molecule has 0 aliphatic rings. The van der Waals surface area contributed by atoms with Gasteiger partial charge in [0.1, 0.15) is 0 Å². The van der Waals surface area contributed by atoms with Gasteiger partial charge in [-0.3, -0.25) is 20.2 Å². The summed E-state index contributed by atoms with van der Waals surface area (Å²) < 4.78 is 0.968. The molecule has 0 fully saturated rings. The first kappa shape index (κ1) is 20.4. The lowest BCUT2D eigenvalue weighted by atomic mass is 10.1. The molecule has 0 aliphatic carbocycles. The number of carbonyl (C=O) groups excluding carboxylic acids is 2. The number of aryl methyl sites for hydroxylation is 2. The van der Waals surface area contributed by atoms with Crippen molar-refractivity contribution >= 4 is 44.5 Å². The molecule has 0 saturated heterocycles. The summed E-state index contributed by atoms with van der Waals surface area (Å²) >= 11 is 1.37. The van der Waals surface area contributed by atoms with Crippen LogP contribution in [0.2, 0.25) is 0 Å². The molecule has 1 aromatic heterocycles. The summed E-state index contributed by atoms with van der Waals surface area (Å²) in [5, 5.41) is 5.85. The van der Waals surface area contributed by atoms with Crippen molar-refractivity contribution in [1.82, 2.24) is 15.6 Å². The van der Waals surface area contributed by atoms with Crippen LogP contribution in [0.25, 0.3) is 10.2 Å². The molecular formula is C24H20N4O2S. The van der Waals surface area contributed by atoms with Crippen molar-refractivity contribution in [2.24, 2.45) is 4.99 Å². The summed E-state index contributed by atoms with van der Waals surface area (Å²) in [6, 6.07) is 22.0. The van der Waals surface area contributed by atoms with Gasteiger partial charge in [-0.25, -0.2) is 4.98 Å². The number of hydrogen-bond acceptors (Lipinski definition) is 5. The number of para-hydroxylation sites is 1. The van der Waals surface area contributed by atoms with Gasteiger partial charge in [0.2, 0.25) is 11.1 Å². The average molecular weight is 429 g/mol. The van der Waals surface area contributed by atoms with Crippen molar-refractivity contribution in [1.29, 1.82) is 0 Å². The Morgan fingerprint density at radius 3 is 2.23 bits per heavy atom. The van der Waals surface area contributed by atoms with Crippen molar-refractivity contribution < 1.29 is 9.59 Å². The number of aromatic nitrogens is 1. The maximum absolute atomic E-state index is 12.8. The number of amides is 2. The molecule has 0 unspecified atom stereocenters. The fourth-order valence-corrected chi connectivity index (χ4v) is 3.78. The van der Waals surface area contributed by atoms with Crippen LogP contribution in [-0.4, -0.2) is 22.8 Å². The fraction of sp³-hybridized carbons (Fsp3) is 0.0833. The van der Waals surface area contributed by atoms with Gasteiger partial charge in [-0.2, -0.15) is 4.99 Å². The molecule has 31 heavy (non-hydrogen) atoms. The van der Waals surface area contributed by atoms with E-state index in [1.165, 1.54) is 11.3 Å². The summed E-state index contributed by atoms with van der Waals surface area (Å²) in [6.07, 6.45) is 0. The topological polar surface area (TPSA) is 83.4 Å². The molecular weight excluding hydrogens is 408 g/mol. The Morgan fingerprint density at radius 1 is 0.806 bits per heavy atom. The highest BCUT2D eigenvalue weighted by atomic mass is 32.1. The number of rotatable bonds is 3. The van der Waals surface area contributed by atoms with E-state index in [0.717, 1.165) is 21.3 Å². The molecule has 0 saturated carbocycles. The lowest BCUT2D eigenvalue weighted by molar-refractivity contribution is 0.0966. The summed E-state index contributed by atoms with van der Waals surface area (Å²) in [5.74, 6) is -0.715. The van der Waals surface area contributed by atoms with Crippen molar-refractivity contribution in [3.05, 3.63) is 95.1 Å². The van der Waals surface area contributed by atoms with Crippen molar-refractivity contribution in [3.8, 4) is 0 Å². The standard InChI is InChI=1S/C24H20N4O2S/c1-15-10-12-17(13-11-15)21(29)26-23(27-22(30)18-7-5-6-16(2)14-18)28-24-25-19-8-3-4-9-20(19)31-24/h3-14H,1-2H3,(H2,25,26,27,28,29,30). The second-order valence-electron chi connectivity index (χ2n) is 7.07. The van der Waals surface area contributed by atoms with E-state index in [1.54, 1.807) is 30.3 Å². The van der Waals surface area contributed by atoms with E-state index >= 15 is 0 Å². The summed E-state index contributed by atoms with van der Waals surface area (Å²) in [7, 11) is 0. The summed E-state index contributed by atoms with van der Waals surface area (Å²) in [4.78, 5) is 34.4. The maximum atomic E-state index is 12.8. The largest absolute Gasteiger partial charge is 0.292 e. The normalized spacial score (nSPS) is 11.4. The molecule has 7 heteroatoms. The van der Waals surface area contributed by atoms with Crippen molar-refractivity contribution in [2.75, 3.05) is 0 Å². The lowest BCUT2D eigenvalue weighted by Gasteiger charge is -2.11. The number of carbonyl (C=O) groups is 2. The molecule has 3 aromatic carbocycles. The Balaban J connectivity index is 1.64. The zero-order chi connectivity index (χ0) is 21.8. The van der Waals surface area contributed by atoms with Crippen LogP contribution < -0.4 is 10.6 Å². The van der Waals surface area contributed by atoms with E-state index in [4.69, 9.17) is 0 Å². The fourth-order valence-electron chi connectivity index (χ4n) is 2.94. The first-order valence-electron chi connectivity index (χ1n) is 9.68. The molecule has 0 radical (unpaired) electrons. The molecule has 4 aromatic rings. The van der Waals surface area contributed by atoms with Crippen molar-refractivity contribution in [2.45, 2.75) is 13.8 Å². The Bertz CT molecular complexity index is 1260. The maximum Gasteiger partial charge on any atom is 0.257 e. The number of fused-ring (bicyclic) bond motifs is 1. The SMILES string of the molecule is Cc1ccc(C(=O)N/C(=N/c2nc3ccccc3s2)NC(=O)c2cccc(C)c2)cc1. The van der Waals surface area contributed by atoms with E-state index in [9.17, 15) is 9.59 Å². The monoisotopic (exact) mass is 428 g/mol. The number of nitrogens with one attached hydrogen (secondary N) is 2. The van der Waals surface area contributed by atoms with Crippen LogP contribution in [0.1, 0.15) is 31.8 Å². The zero-order valence-electron chi connectivity index (χ0n) is 17.0. The molecule has 0 aliphatic heterocycles. The van der Waals surface area contributed by atoms with E-state index in [-0.39, 0.29) is 17.8 Å². The van der Waals surface area contributed by atoms with Crippen LogP contribution in [0.5, 0.6) is 0 Å². The predicted molar refractivity (Wildman–Crippen MR) is 124 cm³/mol. The highest BCUT2D eigenvalue weighted by Gasteiger charge is 2.15. The van der Waals surface area contributed by atoms with E-state index in [0.29, 0.717) is 16.3 Å². The third-order valence-corrected chi connectivity index (χ3v) is 5.48. The molecule has 6 nitrogen and oxygen atoms in total. The minimum absolute atomic E-state index is 0.0242. The van der Waals surface area contributed by atoms with Crippen LogP contribution in [-0.2, 0) is 0 Å². The molecule has 4 rings (SSSR count). The van der Waals surface area contributed by atoms with Gasteiger partial charge in [0.25, 0.3) is 11.8 Å². The van der Waals surface area contributed by atoms with Crippen LogP contribution in [0.4, 0.5) is 5.13 Å². The van der Waals surface area contributed by atoms with E-state index in [1.807, 2.05) is 56.3 Å². The highest BCUT2D eigenvalue weighted by molar-refractivity contribution is 7.22. The predicted octanol–water partition coefficient (Wildman–Crippen LogP) is 4.76. The number of thiazole rings is 1. The van der Waals surface area contributed by atoms with Crippen LogP contribution >= 0.6 is 11.3 Å². The Kier molecular flexibility index (Phi) is 5.86. The number of aliphatic imine (C=N–C) groups is 1. The molecule has 2 amide bonds. The number of guanidine groups is 1. The average Bonchev–Trinajstić information content (AvgIpc) is 3.16. The van der Waals surface area contributed by atoms with Gasteiger partial charge in [-0.1, -0.05) is 58.9 Å². The van der Waals surface area contributed by atoms with Gasteiger partial charge >= 0.3 is 0 Å². The Labute approximate surface area is 183 Å². The molecule has 0 bridgehead atoms. The molecule has 0 spiro atoms. The zero-order valence-corrected chi connectivity index (χ0v) is 17.9. The summed E-state index contributed by atoms with van der Waals surface area (Å²) in [5.41, 5.74) is 3.75. The van der Waals surface area contributed by atoms with Gasteiger partial charge in [-0.15, -0.1) is 0 Å². The van der Waals surface area contributed by atoms with Crippen LogP contribution in [0.15, 0.2) is 77.8 Å². The lowest BCUT2D eigenvalue weighted by Crippen LogP contribution is -2.43. The van der Waals surface area contributed by atoms with Crippen LogP contribution in [0.3, 0.4) is 0 Å². The molecule has 154 valence electrons. The number of nitrogens with zero attached hydrogens (tertiary/aromatic N) is 2.